The fraction of sp³-hybridized carbons (Fsp3) is 0.208. The number of carbonyl (C=O) groups is 2. The zero-order valence-electron chi connectivity index (χ0n) is 18.3. The minimum absolute atomic E-state index is 0.223. The van der Waals surface area contributed by atoms with Crippen molar-refractivity contribution in [2.45, 2.75) is 25.3 Å². The smallest absolute Gasteiger partial charge is 0.338 e. The van der Waals surface area contributed by atoms with E-state index in [-0.39, 0.29) is 17.2 Å². The monoisotopic (exact) mass is 467 g/mol. The Bertz CT molecular complexity index is 1260. The minimum Gasteiger partial charge on any atom is -0.452 e. The van der Waals surface area contributed by atoms with E-state index in [2.05, 4.69) is 11.4 Å². The lowest BCUT2D eigenvalue weighted by atomic mass is 10.2. The van der Waals surface area contributed by atoms with Crippen molar-refractivity contribution in [1.29, 1.82) is 5.26 Å². The molecule has 3 aromatic rings. The number of rotatable bonds is 7. The largest absolute Gasteiger partial charge is 0.452 e. The van der Waals surface area contributed by atoms with Gasteiger partial charge in [0.2, 0.25) is 0 Å². The van der Waals surface area contributed by atoms with Gasteiger partial charge in [0, 0.05) is 34.2 Å². The van der Waals surface area contributed by atoms with Crippen LogP contribution in [0.15, 0.2) is 53.4 Å². The molecule has 0 saturated heterocycles. The van der Waals surface area contributed by atoms with E-state index in [1.807, 2.05) is 6.92 Å². The third-order valence-electron chi connectivity index (χ3n) is 5.21. The van der Waals surface area contributed by atoms with Crippen molar-refractivity contribution in [3.8, 4) is 6.07 Å². The number of anilines is 1. The van der Waals surface area contributed by atoms with Crippen LogP contribution >= 0.6 is 0 Å². The van der Waals surface area contributed by atoms with Crippen molar-refractivity contribution < 1.29 is 22.9 Å². The van der Waals surface area contributed by atoms with Gasteiger partial charge in [-0.2, -0.15) is 5.26 Å². The second-order valence-corrected chi connectivity index (χ2v) is 8.74. The van der Waals surface area contributed by atoms with Gasteiger partial charge in [0.1, 0.15) is 17.7 Å². The van der Waals surface area contributed by atoms with Crippen molar-refractivity contribution in [2.24, 2.45) is 0 Å². The van der Waals surface area contributed by atoms with E-state index in [0.29, 0.717) is 22.6 Å². The molecule has 3 rings (SSSR count). The van der Waals surface area contributed by atoms with Crippen molar-refractivity contribution in [3.05, 3.63) is 82.3 Å². The normalized spacial score (nSPS) is 11.5. The van der Waals surface area contributed by atoms with Crippen LogP contribution in [0.1, 0.15) is 32.7 Å². The first kappa shape index (κ1) is 23.9. The van der Waals surface area contributed by atoms with Gasteiger partial charge in [0.25, 0.3) is 5.91 Å². The van der Waals surface area contributed by atoms with Gasteiger partial charge in [-0.1, -0.05) is 12.1 Å². The molecule has 170 valence electrons. The third kappa shape index (κ3) is 5.54. The molecule has 1 atom stereocenters. The van der Waals surface area contributed by atoms with Crippen LogP contribution < -0.4 is 5.32 Å². The number of halogens is 1. The van der Waals surface area contributed by atoms with Gasteiger partial charge in [-0.25, -0.2) is 9.18 Å². The summed E-state index contributed by atoms with van der Waals surface area (Å²) in [7, 11) is -1.17. The number of hydrogen-bond acceptors (Lipinski definition) is 5. The highest BCUT2D eigenvalue weighted by Crippen LogP contribution is 2.27. The molecule has 0 bridgehead atoms. The Morgan fingerprint density at radius 1 is 1.12 bits per heavy atom. The number of nitriles is 1. The molecule has 33 heavy (non-hydrogen) atoms. The summed E-state index contributed by atoms with van der Waals surface area (Å²) in [6.45, 7) is 3.36. The summed E-state index contributed by atoms with van der Waals surface area (Å²) in [5.41, 5.74) is 2.80. The predicted molar refractivity (Wildman–Crippen MR) is 122 cm³/mol. The Kier molecular flexibility index (Phi) is 7.41. The number of carbonyl (C=O) groups excluding carboxylic acids is 2. The quantitative estimate of drug-likeness (QED) is 0.534. The molecule has 1 N–H and O–H groups in total. The fourth-order valence-electron chi connectivity index (χ4n) is 3.27. The highest BCUT2D eigenvalue weighted by Gasteiger charge is 2.20. The second kappa shape index (κ2) is 10.2. The van der Waals surface area contributed by atoms with E-state index in [0.717, 1.165) is 11.3 Å². The molecule has 7 nitrogen and oxygen atoms in total. The molecular weight excluding hydrogens is 445 g/mol. The number of amides is 1. The molecule has 0 spiro atoms. The van der Waals surface area contributed by atoms with E-state index in [1.54, 1.807) is 35.8 Å². The number of aromatic nitrogens is 1. The predicted octanol–water partition coefficient (Wildman–Crippen LogP) is 3.70. The lowest BCUT2D eigenvalue weighted by Gasteiger charge is -2.13. The molecule has 1 amide bonds. The number of benzene rings is 2. The van der Waals surface area contributed by atoms with Crippen molar-refractivity contribution in [2.75, 3.05) is 18.2 Å². The first-order valence-electron chi connectivity index (χ1n) is 9.96. The number of ether oxygens (including phenoxy) is 1. The maximum atomic E-state index is 13.2. The van der Waals surface area contributed by atoms with Crippen molar-refractivity contribution >= 4 is 28.5 Å². The molecule has 0 aliphatic heterocycles. The van der Waals surface area contributed by atoms with E-state index >= 15 is 0 Å². The SMILES string of the molecule is Cc1c(C#N)c(NC(=O)COC(=O)c2ccc(S(C)=O)cc2)n(Cc2ccc(F)cc2)c1C. The third-order valence-corrected chi connectivity index (χ3v) is 6.15. The van der Waals surface area contributed by atoms with Crippen molar-refractivity contribution in [1.82, 2.24) is 4.57 Å². The number of esters is 1. The molecule has 0 fully saturated rings. The Balaban J connectivity index is 1.73. The highest BCUT2D eigenvalue weighted by atomic mass is 32.2. The van der Waals surface area contributed by atoms with E-state index in [4.69, 9.17) is 4.74 Å². The molecular formula is C24H22FN3O4S. The van der Waals surface area contributed by atoms with Crippen LogP contribution in [0.5, 0.6) is 0 Å². The average molecular weight is 468 g/mol. The zero-order valence-corrected chi connectivity index (χ0v) is 19.2. The van der Waals surface area contributed by atoms with Crippen LogP contribution in [0.25, 0.3) is 0 Å². The first-order valence-corrected chi connectivity index (χ1v) is 11.5. The van der Waals surface area contributed by atoms with Crippen molar-refractivity contribution in [3.63, 3.8) is 0 Å². The summed E-state index contributed by atoms with van der Waals surface area (Å²) in [6, 6.07) is 14.1. The van der Waals surface area contributed by atoms with Gasteiger partial charge < -0.3 is 14.6 Å². The summed E-state index contributed by atoms with van der Waals surface area (Å²) < 4.78 is 31.5. The molecule has 2 aromatic carbocycles. The average Bonchev–Trinajstić information content (AvgIpc) is 3.02. The Morgan fingerprint density at radius 2 is 1.76 bits per heavy atom. The van der Waals surface area contributed by atoms with Crippen LogP contribution in [-0.2, 0) is 26.9 Å². The standard InChI is InChI=1S/C24H22FN3O4S/c1-15-16(2)28(13-17-4-8-19(25)9-5-17)23(21(15)12-26)27-22(29)14-32-24(30)18-6-10-20(11-7-18)33(3)31/h4-11H,13-14H2,1-3H3,(H,27,29). The minimum atomic E-state index is -1.17. The Labute approximate surface area is 193 Å². The summed E-state index contributed by atoms with van der Waals surface area (Å²) in [4.78, 5) is 25.3. The van der Waals surface area contributed by atoms with Gasteiger partial charge in [0.15, 0.2) is 6.61 Å². The number of nitrogens with one attached hydrogen (secondary N) is 1. The van der Waals surface area contributed by atoms with Gasteiger partial charge in [0.05, 0.1) is 11.1 Å². The van der Waals surface area contributed by atoms with Gasteiger partial charge in [-0.15, -0.1) is 0 Å². The van der Waals surface area contributed by atoms with E-state index in [9.17, 15) is 23.5 Å². The van der Waals surface area contributed by atoms with Crippen LogP contribution in [0, 0.1) is 31.0 Å². The van der Waals surface area contributed by atoms with E-state index in [1.165, 1.54) is 30.5 Å². The summed E-state index contributed by atoms with van der Waals surface area (Å²) in [6.07, 6.45) is 1.53. The summed E-state index contributed by atoms with van der Waals surface area (Å²) in [5.74, 6) is -1.38. The molecule has 0 aliphatic carbocycles. The molecule has 1 heterocycles. The maximum absolute atomic E-state index is 13.2. The van der Waals surface area contributed by atoms with Crippen LogP contribution in [0.3, 0.4) is 0 Å². The molecule has 9 heteroatoms. The topological polar surface area (TPSA) is 101 Å². The maximum Gasteiger partial charge on any atom is 0.338 e. The highest BCUT2D eigenvalue weighted by molar-refractivity contribution is 7.84. The van der Waals surface area contributed by atoms with Gasteiger partial charge in [-0.3, -0.25) is 9.00 Å². The molecule has 0 aliphatic rings. The van der Waals surface area contributed by atoms with Crippen LogP contribution in [0.2, 0.25) is 0 Å². The molecule has 0 saturated carbocycles. The first-order chi connectivity index (χ1) is 15.7. The molecule has 0 radical (unpaired) electrons. The molecule has 1 unspecified atom stereocenters. The Morgan fingerprint density at radius 3 is 2.33 bits per heavy atom. The lowest BCUT2D eigenvalue weighted by Crippen LogP contribution is -2.23. The van der Waals surface area contributed by atoms with Gasteiger partial charge >= 0.3 is 5.97 Å². The fourth-order valence-corrected chi connectivity index (χ4v) is 3.79. The number of hydrogen-bond donors (Lipinski definition) is 1. The van der Waals surface area contributed by atoms with Crippen LogP contribution in [-0.4, -0.2) is 33.5 Å². The number of nitrogens with zero attached hydrogens (tertiary/aromatic N) is 2. The molecule has 1 aromatic heterocycles. The lowest BCUT2D eigenvalue weighted by molar-refractivity contribution is -0.119. The second-order valence-electron chi connectivity index (χ2n) is 7.36. The Hall–Kier alpha value is -3.77. The van der Waals surface area contributed by atoms with Crippen LogP contribution in [0.4, 0.5) is 10.2 Å². The zero-order chi connectivity index (χ0) is 24.1. The summed E-state index contributed by atoms with van der Waals surface area (Å²) >= 11 is 0. The summed E-state index contributed by atoms with van der Waals surface area (Å²) in [5, 5.41) is 12.3. The van der Waals surface area contributed by atoms with E-state index < -0.39 is 29.3 Å². The van der Waals surface area contributed by atoms with Gasteiger partial charge in [-0.05, 0) is 61.4 Å².